The zero-order valence-electron chi connectivity index (χ0n) is 11.0. The number of fused-ring (bicyclic) bond motifs is 1. The van der Waals surface area contributed by atoms with Crippen molar-refractivity contribution in [3.63, 3.8) is 0 Å². The number of aromatic nitrogens is 2. The van der Waals surface area contributed by atoms with E-state index in [0.29, 0.717) is 0 Å². The van der Waals surface area contributed by atoms with E-state index in [-0.39, 0.29) is 4.75 Å². The van der Waals surface area contributed by atoms with Gasteiger partial charge >= 0.3 is 0 Å². The van der Waals surface area contributed by atoms with Crippen LogP contribution < -0.4 is 0 Å². The molecule has 1 heterocycles. The smallest absolute Gasteiger partial charge is 0.144 e. The first-order valence-electron chi connectivity index (χ1n) is 5.76. The molecule has 1 aromatic carbocycles. The minimum Gasteiger partial charge on any atom is -0.591 e. The zero-order chi connectivity index (χ0) is 13.3. The van der Waals surface area contributed by atoms with Gasteiger partial charge in [-0.2, -0.15) is 5.10 Å². The molecular weight excluding hydrogens is 246 g/mol. The van der Waals surface area contributed by atoms with Crippen LogP contribution in [0.4, 0.5) is 0 Å². The predicted molar refractivity (Wildman–Crippen MR) is 76.2 cm³/mol. The Bertz CT molecular complexity index is 583. The standard InChI is InChI=1S/C13H17N3OS/c1-13(2,3)18(17)15-8-10-6-5-7-12-11(10)9-14-16(12)4/h5-9H,1-4H3. The molecule has 2 aromatic rings. The highest BCUT2D eigenvalue weighted by atomic mass is 32.2. The second-order valence-corrected chi connectivity index (χ2v) is 7.08. The summed E-state index contributed by atoms with van der Waals surface area (Å²) in [5.74, 6) is 0. The molecule has 0 aliphatic carbocycles. The van der Waals surface area contributed by atoms with Crippen LogP contribution in [0.3, 0.4) is 0 Å². The van der Waals surface area contributed by atoms with Crippen LogP contribution in [0.2, 0.25) is 0 Å². The van der Waals surface area contributed by atoms with Crippen molar-refractivity contribution in [2.75, 3.05) is 0 Å². The number of rotatable bonds is 2. The summed E-state index contributed by atoms with van der Waals surface area (Å²) in [7, 11) is 1.90. The van der Waals surface area contributed by atoms with E-state index in [4.69, 9.17) is 0 Å². The minimum atomic E-state index is -1.23. The summed E-state index contributed by atoms with van der Waals surface area (Å²) in [6, 6.07) is 5.90. The summed E-state index contributed by atoms with van der Waals surface area (Å²) in [5, 5.41) is 5.23. The molecule has 18 heavy (non-hydrogen) atoms. The van der Waals surface area contributed by atoms with Gasteiger partial charge in [0, 0.05) is 18.0 Å². The molecule has 0 spiro atoms. The van der Waals surface area contributed by atoms with E-state index in [9.17, 15) is 4.55 Å². The first kappa shape index (κ1) is 13.1. The molecule has 5 heteroatoms. The normalized spacial score (nSPS) is 14.5. The van der Waals surface area contributed by atoms with E-state index < -0.39 is 11.4 Å². The third-order valence-corrected chi connectivity index (χ3v) is 3.98. The largest absolute Gasteiger partial charge is 0.591 e. The minimum absolute atomic E-state index is 0.334. The Balaban J connectivity index is 2.35. The molecule has 0 radical (unpaired) electrons. The fourth-order valence-electron chi connectivity index (χ4n) is 1.58. The zero-order valence-corrected chi connectivity index (χ0v) is 11.9. The van der Waals surface area contributed by atoms with Crippen LogP contribution in [0.1, 0.15) is 26.3 Å². The summed E-state index contributed by atoms with van der Waals surface area (Å²) >= 11 is -1.23. The van der Waals surface area contributed by atoms with Crippen molar-refractivity contribution in [2.45, 2.75) is 25.5 Å². The topological polar surface area (TPSA) is 53.2 Å². The van der Waals surface area contributed by atoms with Crippen LogP contribution in [0, 0.1) is 0 Å². The maximum atomic E-state index is 11.9. The molecule has 1 unspecified atom stereocenters. The van der Waals surface area contributed by atoms with Gasteiger partial charge < -0.3 is 4.55 Å². The van der Waals surface area contributed by atoms with E-state index in [1.165, 1.54) is 0 Å². The van der Waals surface area contributed by atoms with E-state index in [2.05, 4.69) is 9.50 Å². The second-order valence-electron chi connectivity index (χ2n) is 5.14. The average molecular weight is 263 g/mol. The van der Waals surface area contributed by atoms with Gasteiger partial charge in [0.15, 0.2) is 0 Å². The predicted octanol–water partition coefficient (Wildman–Crippen LogP) is 2.45. The molecule has 0 bridgehead atoms. The molecule has 0 aliphatic heterocycles. The van der Waals surface area contributed by atoms with E-state index in [0.717, 1.165) is 16.5 Å². The van der Waals surface area contributed by atoms with Gasteiger partial charge in [0.05, 0.1) is 17.9 Å². The van der Waals surface area contributed by atoms with Gasteiger partial charge in [-0.05, 0) is 26.8 Å². The Hall–Kier alpha value is -1.33. The molecule has 0 N–H and O–H groups in total. The van der Waals surface area contributed by atoms with Crippen LogP contribution >= 0.6 is 0 Å². The van der Waals surface area contributed by atoms with Gasteiger partial charge in [-0.3, -0.25) is 4.68 Å². The monoisotopic (exact) mass is 263 g/mol. The van der Waals surface area contributed by atoms with Gasteiger partial charge in [0.2, 0.25) is 0 Å². The number of hydrogen-bond acceptors (Lipinski definition) is 3. The van der Waals surface area contributed by atoms with Crippen molar-refractivity contribution >= 4 is 28.5 Å². The molecule has 1 aromatic heterocycles. The van der Waals surface area contributed by atoms with Crippen LogP contribution in [-0.4, -0.2) is 25.3 Å². The molecule has 0 aliphatic rings. The third-order valence-electron chi connectivity index (χ3n) is 2.64. The summed E-state index contributed by atoms with van der Waals surface area (Å²) in [6.07, 6.45) is 3.47. The third kappa shape index (κ3) is 2.57. The Morgan fingerprint density at radius 3 is 2.78 bits per heavy atom. The lowest BCUT2D eigenvalue weighted by Gasteiger charge is -2.17. The first-order chi connectivity index (χ1) is 8.39. The highest BCUT2D eigenvalue weighted by molar-refractivity contribution is 7.91. The maximum Gasteiger partial charge on any atom is 0.144 e. The molecule has 96 valence electrons. The van der Waals surface area contributed by atoms with Crippen molar-refractivity contribution < 1.29 is 4.55 Å². The van der Waals surface area contributed by atoms with Gasteiger partial charge in [-0.15, -0.1) is 0 Å². The molecular formula is C13H17N3OS. The van der Waals surface area contributed by atoms with Gasteiger partial charge in [-0.1, -0.05) is 16.5 Å². The highest BCUT2D eigenvalue weighted by Gasteiger charge is 2.25. The van der Waals surface area contributed by atoms with Crippen molar-refractivity contribution in [2.24, 2.45) is 11.4 Å². The summed E-state index contributed by atoms with van der Waals surface area (Å²) in [6.45, 7) is 5.72. The number of nitrogens with zero attached hydrogens (tertiary/aromatic N) is 3. The SMILES string of the molecule is Cn1ncc2c(C=N[S+]([O-])C(C)(C)C)cccc21. The van der Waals surface area contributed by atoms with Crippen LogP contribution in [0.15, 0.2) is 28.8 Å². The fraction of sp³-hybridized carbons (Fsp3) is 0.385. The van der Waals surface area contributed by atoms with Crippen molar-refractivity contribution in [1.82, 2.24) is 9.78 Å². The molecule has 0 saturated heterocycles. The first-order valence-corrected chi connectivity index (χ1v) is 6.87. The second kappa shape index (κ2) is 4.74. The molecule has 4 nitrogen and oxygen atoms in total. The number of benzene rings is 1. The van der Waals surface area contributed by atoms with Crippen molar-refractivity contribution in [3.8, 4) is 0 Å². The Kier molecular flexibility index (Phi) is 3.45. The molecule has 1 atom stereocenters. The van der Waals surface area contributed by atoms with E-state index >= 15 is 0 Å². The molecule has 0 amide bonds. The number of aryl methyl sites for hydroxylation is 1. The van der Waals surface area contributed by atoms with E-state index in [1.807, 2.05) is 50.7 Å². The Morgan fingerprint density at radius 2 is 2.11 bits per heavy atom. The van der Waals surface area contributed by atoms with Crippen LogP contribution in [0.25, 0.3) is 10.9 Å². The lowest BCUT2D eigenvalue weighted by atomic mass is 10.1. The van der Waals surface area contributed by atoms with Gasteiger partial charge in [0.1, 0.15) is 16.1 Å². The number of hydrogen-bond donors (Lipinski definition) is 0. The van der Waals surface area contributed by atoms with Crippen LogP contribution in [-0.2, 0) is 18.4 Å². The van der Waals surface area contributed by atoms with E-state index in [1.54, 1.807) is 12.4 Å². The molecule has 0 fully saturated rings. The highest BCUT2D eigenvalue weighted by Crippen LogP contribution is 2.19. The molecule has 0 saturated carbocycles. The van der Waals surface area contributed by atoms with Gasteiger partial charge in [0.25, 0.3) is 0 Å². The van der Waals surface area contributed by atoms with Crippen molar-refractivity contribution in [3.05, 3.63) is 30.0 Å². The average Bonchev–Trinajstić information content (AvgIpc) is 2.67. The van der Waals surface area contributed by atoms with Crippen molar-refractivity contribution in [1.29, 1.82) is 0 Å². The quantitative estimate of drug-likeness (QED) is 0.617. The van der Waals surface area contributed by atoms with Crippen LogP contribution in [0.5, 0.6) is 0 Å². The maximum absolute atomic E-state index is 11.9. The summed E-state index contributed by atoms with van der Waals surface area (Å²) in [5.41, 5.74) is 1.98. The Morgan fingerprint density at radius 1 is 1.39 bits per heavy atom. The summed E-state index contributed by atoms with van der Waals surface area (Å²) < 4.78 is 17.5. The lowest BCUT2D eigenvalue weighted by Crippen LogP contribution is -2.25. The summed E-state index contributed by atoms with van der Waals surface area (Å²) in [4.78, 5) is 0. The molecule has 2 rings (SSSR count). The Labute approximate surface area is 110 Å². The van der Waals surface area contributed by atoms with Gasteiger partial charge in [-0.25, -0.2) is 0 Å². The lowest BCUT2D eigenvalue weighted by molar-refractivity contribution is 0.562. The fourth-order valence-corrected chi connectivity index (χ4v) is 2.10.